The molecule has 4 nitrogen and oxygen atoms in total. The van der Waals surface area contributed by atoms with Crippen LogP contribution < -0.4 is 0 Å². The molecule has 0 radical (unpaired) electrons. The zero-order valence-electron chi connectivity index (χ0n) is 18.4. The zero-order chi connectivity index (χ0) is 22.2. The van der Waals surface area contributed by atoms with Crippen molar-refractivity contribution < 1.29 is 0 Å². The Balaban J connectivity index is 1.60. The number of benzene rings is 2. The Labute approximate surface area is 196 Å². The van der Waals surface area contributed by atoms with Gasteiger partial charge in [0, 0.05) is 12.8 Å². The molecule has 0 aliphatic carbocycles. The van der Waals surface area contributed by atoms with E-state index in [4.69, 9.17) is 0 Å². The van der Waals surface area contributed by atoms with Gasteiger partial charge in [-0.25, -0.2) is 0 Å². The van der Waals surface area contributed by atoms with Crippen LogP contribution in [0.3, 0.4) is 0 Å². The van der Waals surface area contributed by atoms with Crippen LogP contribution in [0.15, 0.2) is 71.7 Å². The van der Waals surface area contributed by atoms with Gasteiger partial charge in [0.15, 0.2) is 11.0 Å². The number of rotatable bonds is 6. The fourth-order valence-electron chi connectivity index (χ4n) is 3.87. The second kappa shape index (κ2) is 8.45. The number of hydrogen-bond acceptors (Lipinski definition) is 4. The molecule has 6 heteroatoms. The molecule has 0 atom stereocenters. The lowest BCUT2D eigenvalue weighted by atomic mass is 10.1. The maximum Gasteiger partial charge on any atom is 0.196 e. The van der Waals surface area contributed by atoms with Crippen LogP contribution in [-0.4, -0.2) is 19.3 Å². The Morgan fingerprint density at radius 3 is 2.59 bits per heavy atom. The van der Waals surface area contributed by atoms with E-state index in [2.05, 4.69) is 107 Å². The molecule has 0 bridgehead atoms. The van der Waals surface area contributed by atoms with Crippen molar-refractivity contribution in [3.05, 3.63) is 88.8 Å². The predicted molar refractivity (Wildman–Crippen MR) is 137 cm³/mol. The van der Waals surface area contributed by atoms with Gasteiger partial charge in [-0.1, -0.05) is 60.8 Å². The van der Waals surface area contributed by atoms with E-state index in [9.17, 15) is 0 Å². The Hall–Kier alpha value is -3.09. The molecule has 3 heterocycles. The average molecular weight is 457 g/mol. The molecule has 0 fully saturated rings. The summed E-state index contributed by atoms with van der Waals surface area (Å²) in [6.07, 6.45) is 1.87. The number of fused-ring (bicyclic) bond motifs is 1. The molecule has 0 aliphatic rings. The molecule has 0 amide bonds. The van der Waals surface area contributed by atoms with Gasteiger partial charge in [0.05, 0.1) is 21.6 Å². The second-order valence-corrected chi connectivity index (χ2v) is 9.81. The van der Waals surface area contributed by atoms with Gasteiger partial charge in [-0.15, -0.1) is 21.5 Å². The third-order valence-electron chi connectivity index (χ3n) is 5.72. The highest BCUT2D eigenvalue weighted by molar-refractivity contribution is 7.98. The highest BCUT2D eigenvalue weighted by Crippen LogP contribution is 2.35. The lowest BCUT2D eigenvalue weighted by Gasteiger charge is -2.14. The van der Waals surface area contributed by atoms with Gasteiger partial charge in [-0.2, -0.15) is 0 Å². The summed E-state index contributed by atoms with van der Waals surface area (Å²) in [5.74, 6) is 1.69. The molecule has 0 unspecified atom stereocenters. The molecular weight excluding hydrogens is 432 g/mol. The van der Waals surface area contributed by atoms with Gasteiger partial charge in [0.1, 0.15) is 0 Å². The van der Waals surface area contributed by atoms with Crippen molar-refractivity contribution >= 4 is 39.4 Å². The normalized spacial score (nSPS) is 11.3. The molecule has 160 valence electrons. The topological polar surface area (TPSA) is 35.6 Å². The summed E-state index contributed by atoms with van der Waals surface area (Å²) in [5, 5.41) is 12.3. The van der Waals surface area contributed by atoms with Crippen LogP contribution in [0, 0.1) is 13.8 Å². The van der Waals surface area contributed by atoms with Gasteiger partial charge in [-0.3, -0.25) is 4.57 Å². The van der Waals surface area contributed by atoms with Crippen LogP contribution in [-0.2, 0) is 12.8 Å². The summed E-state index contributed by atoms with van der Waals surface area (Å²) in [4.78, 5) is 0. The third-order valence-corrected chi connectivity index (χ3v) is 7.57. The van der Waals surface area contributed by atoms with E-state index >= 15 is 0 Å². The molecule has 0 aliphatic heterocycles. The summed E-state index contributed by atoms with van der Waals surface area (Å²) in [5.41, 5.74) is 8.21. The minimum atomic E-state index is 0.822. The fourth-order valence-corrected chi connectivity index (χ4v) is 5.62. The van der Waals surface area contributed by atoms with E-state index in [1.54, 1.807) is 23.1 Å². The van der Waals surface area contributed by atoms with Crippen molar-refractivity contribution in [1.82, 2.24) is 19.3 Å². The maximum atomic E-state index is 4.67. The van der Waals surface area contributed by atoms with Crippen molar-refractivity contribution in [2.24, 2.45) is 7.05 Å². The quantitative estimate of drug-likeness (QED) is 0.257. The van der Waals surface area contributed by atoms with Gasteiger partial charge in [0.2, 0.25) is 0 Å². The molecule has 5 rings (SSSR count). The fraction of sp³-hybridized carbons (Fsp3) is 0.154. The first-order chi connectivity index (χ1) is 15.5. The van der Waals surface area contributed by atoms with E-state index in [1.807, 2.05) is 6.08 Å². The lowest BCUT2D eigenvalue weighted by Crippen LogP contribution is -2.04. The number of thiophene rings is 1. The summed E-state index contributed by atoms with van der Waals surface area (Å²) in [6.45, 7) is 8.10. The maximum absolute atomic E-state index is 4.67. The first kappa shape index (κ1) is 20.8. The highest BCUT2D eigenvalue weighted by Gasteiger charge is 2.21. The Morgan fingerprint density at radius 1 is 1.03 bits per heavy atom. The monoisotopic (exact) mass is 456 g/mol. The van der Waals surface area contributed by atoms with Gasteiger partial charge in [0.25, 0.3) is 0 Å². The first-order valence-corrected chi connectivity index (χ1v) is 12.3. The summed E-state index contributed by atoms with van der Waals surface area (Å²) < 4.78 is 5.68. The molecule has 0 saturated heterocycles. The SMILES string of the molecule is C=Cc1ccc(CSc2nnc(-c3cc4sccc4n3C)n2-c2cc(C)ccc2C)cc1. The zero-order valence-corrected chi connectivity index (χ0v) is 20.0. The third kappa shape index (κ3) is 3.70. The standard InChI is InChI=1S/C26H24N4S2/c1-5-19-8-10-20(11-9-19)16-32-26-28-27-25(23-15-24-21(29(23)4)12-13-31-24)30(26)22-14-17(2)6-7-18(22)3/h5-15H,1,16H2,2-4H3. The molecular formula is C26H24N4S2. The van der Waals surface area contributed by atoms with Crippen LogP contribution in [0.25, 0.3) is 33.5 Å². The van der Waals surface area contributed by atoms with Crippen molar-refractivity contribution in [3.8, 4) is 17.2 Å². The summed E-state index contributed by atoms with van der Waals surface area (Å²) in [7, 11) is 2.10. The Kier molecular flexibility index (Phi) is 5.49. The van der Waals surface area contributed by atoms with E-state index in [-0.39, 0.29) is 0 Å². The lowest BCUT2D eigenvalue weighted by molar-refractivity contribution is 0.872. The van der Waals surface area contributed by atoms with Crippen molar-refractivity contribution in [2.45, 2.75) is 24.8 Å². The van der Waals surface area contributed by atoms with E-state index in [0.717, 1.165) is 33.7 Å². The van der Waals surface area contributed by atoms with Gasteiger partial charge >= 0.3 is 0 Å². The molecule has 2 aromatic carbocycles. The number of nitrogens with zero attached hydrogens (tertiary/aromatic N) is 4. The van der Waals surface area contributed by atoms with E-state index < -0.39 is 0 Å². The van der Waals surface area contributed by atoms with Crippen molar-refractivity contribution in [1.29, 1.82) is 0 Å². The number of thioether (sulfide) groups is 1. The van der Waals surface area contributed by atoms with Crippen LogP contribution in [0.2, 0.25) is 0 Å². The van der Waals surface area contributed by atoms with Crippen molar-refractivity contribution in [2.75, 3.05) is 0 Å². The minimum absolute atomic E-state index is 0.822. The number of hydrogen-bond donors (Lipinski definition) is 0. The molecule has 0 N–H and O–H groups in total. The number of aromatic nitrogens is 4. The van der Waals surface area contributed by atoms with Crippen LogP contribution in [0.4, 0.5) is 0 Å². The van der Waals surface area contributed by atoms with Crippen LogP contribution >= 0.6 is 23.1 Å². The Morgan fingerprint density at radius 2 is 1.84 bits per heavy atom. The molecule has 0 saturated carbocycles. The highest BCUT2D eigenvalue weighted by atomic mass is 32.2. The van der Waals surface area contributed by atoms with Gasteiger partial charge in [-0.05, 0) is 59.7 Å². The van der Waals surface area contributed by atoms with Crippen molar-refractivity contribution in [3.63, 3.8) is 0 Å². The molecule has 32 heavy (non-hydrogen) atoms. The van der Waals surface area contributed by atoms with E-state index in [0.29, 0.717) is 0 Å². The largest absolute Gasteiger partial charge is 0.340 e. The first-order valence-electron chi connectivity index (χ1n) is 10.5. The van der Waals surface area contributed by atoms with Gasteiger partial charge < -0.3 is 4.57 Å². The average Bonchev–Trinajstić information content (AvgIpc) is 3.50. The summed E-state index contributed by atoms with van der Waals surface area (Å²) >= 11 is 3.46. The van der Waals surface area contributed by atoms with Crippen LogP contribution in [0.1, 0.15) is 22.3 Å². The molecule has 5 aromatic rings. The second-order valence-electron chi connectivity index (χ2n) is 7.92. The molecule has 0 spiro atoms. The summed E-state index contributed by atoms with van der Waals surface area (Å²) in [6, 6.07) is 19.4. The number of aryl methyl sites for hydroxylation is 3. The Bertz CT molecular complexity index is 1420. The van der Waals surface area contributed by atoms with E-state index in [1.165, 1.54) is 26.9 Å². The van der Waals surface area contributed by atoms with Crippen LogP contribution in [0.5, 0.6) is 0 Å². The minimum Gasteiger partial charge on any atom is -0.340 e. The smallest absolute Gasteiger partial charge is 0.196 e. The molecule has 3 aromatic heterocycles. The predicted octanol–water partition coefficient (Wildman–Crippen LogP) is 7.04.